The first-order valence-electron chi connectivity index (χ1n) is 7.88. The maximum absolute atomic E-state index is 11.7. The average Bonchev–Trinajstić information content (AvgIpc) is 2.49. The Morgan fingerprint density at radius 2 is 1.90 bits per heavy atom. The molecule has 1 amide bonds. The largest absolute Gasteiger partial charge is 0.484 e. The molecule has 1 aliphatic rings. The van der Waals surface area contributed by atoms with Crippen LogP contribution in [0.5, 0.6) is 5.75 Å². The van der Waals surface area contributed by atoms with E-state index in [4.69, 9.17) is 10.5 Å². The van der Waals surface area contributed by atoms with Crippen molar-refractivity contribution in [2.45, 2.75) is 39.0 Å². The van der Waals surface area contributed by atoms with Crippen molar-refractivity contribution in [3.63, 3.8) is 0 Å². The van der Waals surface area contributed by atoms with E-state index in [2.05, 4.69) is 12.2 Å². The van der Waals surface area contributed by atoms with Crippen molar-refractivity contribution >= 4 is 11.6 Å². The van der Waals surface area contributed by atoms with Crippen LogP contribution in [0.25, 0.3) is 0 Å². The SMILES string of the molecule is CC1CCC(CCNC(=O)COc2ccc(N)cc2)CC1. The number of ether oxygens (including phenoxy) is 1. The summed E-state index contributed by atoms with van der Waals surface area (Å²) in [5, 5.41) is 2.93. The molecule has 4 nitrogen and oxygen atoms in total. The molecule has 0 bridgehead atoms. The van der Waals surface area contributed by atoms with Gasteiger partial charge < -0.3 is 15.8 Å². The van der Waals surface area contributed by atoms with Gasteiger partial charge in [0.05, 0.1) is 0 Å². The van der Waals surface area contributed by atoms with Gasteiger partial charge in [0.15, 0.2) is 6.61 Å². The summed E-state index contributed by atoms with van der Waals surface area (Å²) in [5.74, 6) is 2.26. The van der Waals surface area contributed by atoms with Gasteiger partial charge in [0.25, 0.3) is 5.91 Å². The fraction of sp³-hybridized carbons (Fsp3) is 0.588. The van der Waals surface area contributed by atoms with E-state index in [0.717, 1.165) is 24.8 Å². The Labute approximate surface area is 127 Å². The lowest BCUT2D eigenvalue weighted by atomic mass is 9.81. The third-order valence-electron chi connectivity index (χ3n) is 4.26. The first-order chi connectivity index (χ1) is 10.1. The van der Waals surface area contributed by atoms with E-state index in [0.29, 0.717) is 11.4 Å². The van der Waals surface area contributed by atoms with Crippen molar-refractivity contribution in [1.29, 1.82) is 0 Å². The molecule has 1 aromatic rings. The second kappa shape index (κ2) is 7.91. The normalized spacial score (nSPS) is 21.8. The Balaban J connectivity index is 1.58. The van der Waals surface area contributed by atoms with Crippen LogP contribution in [0.1, 0.15) is 39.0 Å². The highest BCUT2D eigenvalue weighted by Gasteiger charge is 2.17. The van der Waals surface area contributed by atoms with Crippen LogP contribution in [-0.4, -0.2) is 19.1 Å². The molecule has 1 aromatic carbocycles. The minimum Gasteiger partial charge on any atom is -0.484 e. The Bertz CT molecular complexity index is 437. The number of amides is 1. The van der Waals surface area contributed by atoms with Gasteiger partial charge in [-0.05, 0) is 42.5 Å². The second-order valence-corrected chi connectivity index (χ2v) is 6.12. The van der Waals surface area contributed by atoms with Gasteiger partial charge in [-0.15, -0.1) is 0 Å². The number of carbonyl (C=O) groups is 1. The van der Waals surface area contributed by atoms with Crippen LogP contribution in [-0.2, 0) is 4.79 Å². The van der Waals surface area contributed by atoms with E-state index >= 15 is 0 Å². The average molecular weight is 290 g/mol. The molecule has 1 saturated carbocycles. The van der Waals surface area contributed by atoms with Gasteiger partial charge >= 0.3 is 0 Å². The predicted molar refractivity (Wildman–Crippen MR) is 85.1 cm³/mol. The van der Waals surface area contributed by atoms with E-state index in [-0.39, 0.29) is 12.5 Å². The van der Waals surface area contributed by atoms with Crippen LogP contribution in [0, 0.1) is 11.8 Å². The highest BCUT2D eigenvalue weighted by molar-refractivity contribution is 5.77. The zero-order chi connectivity index (χ0) is 15.1. The molecule has 0 unspecified atom stereocenters. The van der Waals surface area contributed by atoms with Gasteiger partial charge in [-0.1, -0.05) is 32.6 Å². The summed E-state index contributed by atoms with van der Waals surface area (Å²) < 4.78 is 5.41. The molecule has 1 fully saturated rings. The lowest BCUT2D eigenvalue weighted by Crippen LogP contribution is -2.31. The van der Waals surface area contributed by atoms with Crippen LogP contribution < -0.4 is 15.8 Å². The van der Waals surface area contributed by atoms with Crippen LogP contribution in [0.15, 0.2) is 24.3 Å². The fourth-order valence-corrected chi connectivity index (χ4v) is 2.80. The number of carbonyl (C=O) groups excluding carboxylic acids is 1. The summed E-state index contributed by atoms with van der Waals surface area (Å²) in [6.07, 6.45) is 6.36. The number of anilines is 1. The third-order valence-corrected chi connectivity index (χ3v) is 4.26. The number of nitrogens with two attached hydrogens (primary N) is 1. The van der Waals surface area contributed by atoms with E-state index in [9.17, 15) is 4.79 Å². The van der Waals surface area contributed by atoms with Gasteiger partial charge in [-0.25, -0.2) is 0 Å². The van der Waals surface area contributed by atoms with Crippen molar-refractivity contribution in [2.24, 2.45) is 11.8 Å². The Hall–Kier alpha value is -1.71. The monoisotopic (exact) mass is 290 g/mol. The molecule has 1 aliphatic carbocycles. The summed E-state index contributed by atoms with van der Waals surface area (Å²) in [5.41, 5.74) is 6.28. The number of hydrogen-bond acceptors (Lipinski definition) is 3. The molecule has 0 heterocycles. The van der Waals surface area contributed by atoms with E-state index in [1.54, 1.807) is 24.3 Å². The summed E-state index contributed by atoms with van der Waals surface area (Å²) in [6, 6.07) is 7.06. The van der Waals surface area contributed by atoms with Crippen LogP contribution in [0.4, 0.5) is 5.69 Å². The molecule has 0 aliphatic heterocycles. The number of rotatable bonds is 6. The summed E-state index contributed by atoms with van der Waals surface area (Å²) in [7, 11) is 0. The molecule has 116 valence electrons. The number of benzene rings is 1. The lowest BCUT2D eigenvalue weighted by molar-refractivity contribution is -0.123. The summed E-state index contributed by atoms with van der Waals surface area (Å²) in [4.78, 5) is 11.7. The molecule has 0 radical (unpaired) electrons. The molecular formula is C17H26N2O2. The summed E-state index contributed by atoms with van der Waals surface area (Å²) in [6.45, 7) is 3.14. The van der Waals surface area contributed by atoms with Crippen LogP contribution in [0.3, 0.4) is 0 Å². The first kappa shape index (κ1) is 15.7. The number of hydrogen-bond donors (Lipinski definition) is 2. The summed E-state index contributed by atoms with van der Waals surface area (Å²) >= 11 is 0. The van der Waals surface area contributed by atoms with Gasteiger partial charge in [0, 0.05) is 12.2 Å². The zero-order valence-electron chi connectivity index (χ0n) is 12.8. The van der Waals surface area contributed by atoms with Crippen molar-refractivity contribution in [3.8, 4) is 5.75 Å². The Morgan fingerprint density at radius 1 is 1.24 bits per heavy atom. The standard InChI is InChI=1S/C17H26N2O2/c1-13-2-4-14(5-3-13)10-11-19-17(20)12-21-16-8-6-15(18)7-9-16/h6-9,13-14H,2-5,10-12,18H2,1H3,(H,19,20). The first-order valence-corrected chi connectivity index (χ1v) is 7.88. The quantitative estimate of drug-likeness (QED) is 0.792. The topological polar surface area (TPSA) is 64.3 Å². The van der Waals surface area contributed by atoms with E-state index in [1.165, 1.54) is 25.7 Å². The molecule has 4 heteroatoms. The van der Waals surface area contributed by atoms with Crippen molar-refractivity contribution in [2.75, 3.05) is 18.9 Å². The van der Waals surface area contributed by atoms with Gasteiger partial charge in [-0.3, -0.25) is 4.79 Å². The highest BCUT2D eigenvalue weighted by atomic mass is 16.5. The van der Waals surface area contributed by atoms with Crippen LogP contribution in [0.2, 0.25) is 0 Å². The predicted octanol–water partition coefficient (Wildman–Crippen LogP) is 2.98. The van der Waals surface area contributed by atoms with Crippen molar-refractivity contribution in [1.82, 2.24) is 5.32 Å². The zero-order valence-corrected chi connectivity index (χ0v) is 12.8. The van der Waals surface area contributed by atoms with E-state index < -0.39 is 0 Å². The smallest absolute Gasteiger partial charge is 0.257 e. The number of nitrogens with one attached hydrogen (secondary N) is 1. The van der Waals surface area contributed by atoms with Gasteiger partial charge in [0.1, 0.15) is 5.75 Å². The molecule has 0 aromatic heterocycles. The highest BCUT2D eigenvalue weighted by Crippen LogP contribution is 2.29. The Kier molecular flexibility index (Phi) is 5.90. The van der Waals surface area contributed by atoms with Gasteiger partial charge in [-0.2, -0.15) is 0 Å². The third kappa shape index (κ3) is 5.66. The fourth-order valence-electron chi connectivity index (χ4n) is 2.80. The molecule has 0 spiro atoms. The molecule has 2 rings (SSSR count). The van der Waals surface area contributed by atoms with Crippen molar-refractivity contribution in [3.05, 3.63) is 24.3 Å². The second-order valence-electron chi connectivity index (χ2n) is 6.12. The molecule has 0 atom stereocenters. The van der Waals surface area contributed by atoms with Crippen LogP contribution >= 0.6 is 0 Å². The Morgan fingerprint density at radius 3 is 2.57 bits per heavy atom. The minimum atomic E-state index is -0.0593. The van der Waals surface area contributed by atoms with E-state index in [1.807, 2.05) is 0 Å². The molecule has 3 N–H and O–H groups in total. The molecular weight excluding hydrogens is 264 g/mol. The molecule has 0 saturated heterocycles. The van der Waals surface area contributed by atoms with Crippen molar-refractivity contribution < 1.29 is 9.53 Å². The molecule has 21 heavy (non-hydrogen) atoms. The maximum atomic E-state index is 11.7. The minimum absolute atomic E-state index is 0.0593. The maximum Gasteiger partial charge on any atom is 0.257 e. The van der Waals surface area contributed by atoms with Gasteiger partial charge in [0.2, 0.25) is 0 Å². The number of nitrogen functional groups attached to an aromatic ring is 1. The lowest BCUT2D eigenvalue weighted by Gasteiger charge is -2.26.